The van der Waals surface area contributed by atoms with Gasteiger partial charge in [0.15, 0.2) is 0 Å². The summed E-state index contributed by atoms with van der Waals surface area (Å²) in [6.07, 6.45) is 4.00. The van der Waals surface area contributed by atoms with E-state index in [2.05, 4.69) is 39.8 Å². The summed E-state index contributed by atoms with van der Waals surface area (Å²) in [5.74, 6) is 0. The normalized spacial score (nSPS) is 6.22. The minimum Gasteiger partial charge on any atom is -0.412 e. The molecule has 0 aromatic heterocycles. The Morgan fingerprint density at radius 1 is 0.481 bits per heavy atom. The SMILES string of the molecule is O.[CH2-]CC.[CH2-]CC.[CH2-]CC.[CH2-]CC.[Ti+3].[Ti+3].[c-]1ccccc1.[c-]1ccccc1. The van der Waals surface area contributed by atoms with E-state index in [0.717, 1.165) is 25.7 Å². The van der Waals surface area contributed by atoms with Crippen LogP contribution in [0.15, 0.2) is 60.7 Å². The summed E-state index contributed by atoms with van der Waals surface area (Å²) < 4.78 is 0. The van der Waals surface area contributed by atoms with Gasteiger partial charge in [0.05, 0.1) is 0 Å². The van der Waals surface area contributed by atoms with Crippen LogP contribution in [0.3, 0.4) is 0 Å². The standard InChI is InChI=1S/2C6H5.4C3H7.H2O.2Ti/c2*1-2-4-6-5-3-1;4*1-3-2;;;/h2*1-5H;4*1,3H2,2H3;1H2;;/q6*-1;;2*+3. The summed E-state index contributed by atoms with van der Waals surface area (Å²) in [4.78, 5) is 0. The van der Waals surface area contributed by atoms with E-state index in [1.165, 1.54) is 0 Å². The minimum absolute atomic E-state index is 0. The van der Waals surface area contributed by atoms with E-state index in [0.29, 0.717) is 0 Å². The molecule has 0 fully saturated rings. The van der Waals surface area contributed by atoms with Crippen molar-refractivity contribution >= 4 is 0 Å². The van der Waals surface area contributed by atoms with Gasteiger partial charge in [0.25, 0.3) is 0 Å². The van der Waals surface area contributed by atoms with E-state index in [1.54, 1.807) is 0 Å². The van der Waals surface area contributed by atoms with Gasteiger partial charge in [0.2, 0.25) is 0 Å². The van der Waals surface area contributed by atoms with Gasteiger partial charge < -0.3 is 33.2 Å². The molecule has 0 amide bonds. The summed E-state index contributed by atoms with van der Waals surface area (Å²) in [7, 11) is 0. The van der Waals surface area contributed by atoms with Gasteiger partial charge in [-0.3, -0.25) is 0 Å². The predicted octanol–water partition coefficient (Wildman–Crippen LogP) is 7.07. The Kier molecular flexibility index (Phi) is 107. The van der Waals surface area contributed by atoms with Crippen LogP contribution in [0.25, 0.3) is 0 Å². The molecule has 2 aromatic carbocycles. The van der Waals surface area contributed by atoms with Crippen molar-refractivity contribution in [3.63, 3.8) is 0 Å². The average molecular weight is 440 g/mol. The van der Waals surface area contributed by atoms with Crippen LogP contribution < -0.4 is 0 Å². The first-order valence-electron chi connectivity index (χ1n) is 8.65. The second kappa shape index (κ2) is 63.6. The molecule has 150 valence electrons. The topological polar surface area (TPSA) is 31.5 Å². The number of hydrogen-bond acceptors (Lipinski definition) is 0. The molecule has 0 aliphatic rings. The van der Waals surface area contributed by atoms with Crippen molar-refractivity contribution in [2.24, 2.45) is 0 Å². The fourth-order valence-electron chi connectivity index (χ4n) is 0.684. The molecular formula is C24H40OTi2. The van der Waals surface area contributed by atoms with Gasteiger partial charge in [-0.25, -0.2) is 0 Å². The average Bonchev–Trinajstić information content (AvgIpc) is 2.61. The van der Waals surface area contributed by atoms with Crippen LogP contribution in [0, 0.1) is 39.8 Å². The summed E-state index contributed by atoms with van der Waals surface area (Å²) in [6, 6.07) is 25.0. The maximum atomic E-state index is 3.49. The van der Waals surface area contributed by atoms with Crippen LogP contribution in [-0.4, -0.2) is 5.48 Å². The quantitative estimate of drug-likeness (QED) is 0.310. The molecule has 2 radical (unpaired) electrons. The molecule has 0 heterocycles. The van der Waals surface area contributed by atoms with Gasteiger partial charge in [-0.2, -0.15) is 98.5 Å². The third kappa shape index (κ3) is 105. The van der Waals surface area contributed by atoms with E-state index in [4.69, 9.17) is 0 Å². The van der Waals surface area contributed by atoms with Gasteiger partial charge in [-0.1, -0.05) is 27.7 Å². The maximum Gasteiger partial charge on any atom is 3.00 e. The van der Waals surface area contributed by atoms with Crippen molar-refractivity contribution in [1.82, 2.24) is 0 Å². The molecule has 0 spiro atoms. The number of rotatable bonds is 0. The van der Waals surface area contributed by atoms with E-state index < -0.39 is 0 Å². The first kappa shape index (κ1) is 45.5. The molecule has 2 N–H and O–H groups in total. The maximum absolute atomic E-state index is 3.49. The molecule has 1 nitrogen and oxygen atoms in total. The van der Waals surface area contributed by atoms with Crippen molar-refractivity contribution in [2.45, 2.75) is 53.4 Å². The molecule has 0 aliphatic carbocycles. The predicted molar refractivity (Wildman–Crippen MR) is 117 cm³/mol. The Hall–Kier alpha value is -0.171. The minimum atomic E-state index is 0. The number of benzene rings is 2. The Balaban J connectivity index is -0.0000000362. The smallest absolute Gasteiger partial charge is 0.412 e. The van der Waals surface area contributed by atoms with Crippen molar-refractivity contribution in [3.8, 4) is 0 Å². The molecular weight excluding hydrogens is 400 g/mol. The zero-order chi connectivity index (χ0) is 19.3. The van der Waals surface area contributed by atoms with Crippen molar-refractivity contribution in [1.29, 1.82) is 0 Å². The van der Waals surface area contributed by atoms with E-state index in [-0.39, 0.29) is 48.9 Å². The molecule has 27 heavy (non-hydrogen) atoms. The van der Waals surface area contributed by atoms with E-state index >= 15 is 0 Å². The van der Waals surface area contributed by atoms with Gasteiger partial charge in [-0.15, -0.1) is 0 Å². The Morgan fingerprint density at radius 2 is 0.630 bits per heavy atom. The zero-order valence-corrected chi connectivity index (χ0v) is 21.1. The summed E-state index contributed by atoms with van der Waals surface area (Å²) in [5.41, 5.74) is 0. The largest absolute Gasteiger partial charge is 3.00 e. The van der Waals surface area contributed by atoms with Crippen LogP contribution >= 0.6 is 0 Å². The third-order valence-corrected chi connectivity index (χ3v) is 1.21. The fraction of sp³-hybridized carbons (Fsp3) is 0.333. The second-order valence-electron chi connectivity index (χ2n) is 4.15. The number of hydrogen-bond donors (Lipinski definition) is 0. The Labute approximate surface area is 201 Å². The van der Waals surface area contributed by atoms with Crippen molar-refractivity contribution in [3.05, 3.63) is 100 Å². The first-order valence-corrected chi connectivity index (χ1v) is 8.65. The van der Waals surface area contributed by atoms with Crippen LogP contribution in [0.5, 0.6) is 0 Å². The molecule has 0 unspecified atom stereocenters. The summed E-state index contributed by atoms with van der Waals surface area (Å²) >= 11 is 0. The van der Waals surface area contributed by atoms with Crippen LogP contribution in [-0.2, 0) is 43.4 Å². The molecule has 0 saturated carbocycles. The van der Waals surface area contributed by atoms with Crippen LogP contribution in [0.2, 0.25) is 0 Å². The first-order chi connectivity index (χ1) is 11.7. The third-order valence-electron chi connectivity index (χ3n) is 1.21. The Bertz CT molecular complexity index is 236. The summed E-state index contributed by atoms with van der Waals surface area (Å²) in [5, 5.41) is 0. The summed E-state index contributed by atoms with van der Waals surface area (Å²) in [6.45, 7) is 22.0. The molecule has 0 atom stereocenters. The van der Waals surface area contributed by atoms with E-state index in [1.807, 2.05) is 88.4 Å². The van der Waals surface area contributed by atoms with Gasteiger partial charge in [-0.05, 0) is 0 Å². The fourth-order valence-corrected chi connectivity index (χ4v) is 0.684. The van der Waals surface area contributed by atoms with Gasteiger partial charge in [0, 0.05) is 0 Å². The van der Waals surface area contributed by atoms with Gasteiger partial charge in [0.1, 0.15) is 0 Å². The van der Waals surface area contributed by atoms with E-state index in [9.17, 15) is 0 Å². The van der Waals surface area contributed by atoms with Crippen LogP contribution in [0.4, 0.5) is 0 Å². The molecule has 2 rings (SSSR count). The van der Waals surface area contributed by atoms with Crippen molar-refractivity contribution in [2.75, 3.05) is 0 Å². The monoisotopic (exact) mass is 440 g/mol. The second-order valence-corrected chi connectivity index (χ2v) is 4.15. The molecule has 2 aromatic rings. The van der Waals surface area contributed by atoms with Crippen molar-refractivity contribution < 1.29 is 48.9 Å². The Morgan fingerprint density at radius 3 is 0.667 bits per heavy atom. The zero-order valence-electron chi connectivity index (χ0n) is 17.9. The van der Waals surface area contributed by atoms with Gasteiger partial charge >= 0.3 is 43.4 Å². The molecule has 0 aliphatic heterocycles. The van der Waals surface area contributed by atoms with Crippen LogP contribution in [0.1, 0.15) is 53.4 Å². The molecule has 3 heteroatoms. The molecule has 0 saturated heterocycles. The molecule has 0 bridgehead atoms.